The summed E-state index contributed by atoms with van der Waals surface area (Å²) in [6.07, 6.45) is -3.89. The summed E-state index contributed by atoms with van der Waals surface area (Å²) in [7, 11) is 0. The van der Waals surface area contributed by atoms with Crippen molar-refractivity contribution in [1.82, 2.24) is 10.2 Å². The molecule has 1 amide bonds. The predicted octanol–water partition coefficient (Wildman–Crippen LogP) is 0.738. The molecule has 9 nitrogen and oxygen atoms in total. The van der Waals surface area contributed by atoms with Crippen LogP contribution in [0.25, 0.3) is 0 Å². The van der Waals surface area contributed by atoms with Crippen molar-refractivity contribution in [2.45, 2.75) is 23.2 Å². The first kappa shape index (κ1) is 18.0. The fourth-order valence-electron chi connectivity index (χ4n) is 1.60. The molecule has 0 aromatic carbocycles. The molecule has 1 rings (SSSR count). The van der Waals surface area contributed by atoms with Gasteiger partial charge >= 0.3 is 12.3 Å². The lowest BCUT2D eigenvalue weighted by molar-refractivity contribution is -0.539. The zero-order valence-corrected chi connectivity index (χ0v) is 13.1. The van der Waals surface area contributed by atoms with Crippen LogP contribution in [0.2, 0.25) is 0 Å². The number of carbonyl (C=O) groups is 1. The van der Waals surface area contributed by atoms with Gasteiger partial charge in [-0.25, -0.2) is 4.79 Å². The van der Waals surface area contributed by atoms with Crippen LogP contribution in [-0.4, -0.2) is 62.7 Å². The Kier molecular flexibility index (Phi) is 6.26. The molecule has 2 atom stereocenters. The Morgan fingerprint density at radius 2 is 2.33 bits per heavy atom. The van der Waals surface area contributed by atoms with Crippen molar-refractivity contribution in [3.63, 3.8) is 0 Å². The van der Waals surface area contributed by atoms with Gasteiger partial charge in [0.25, 0.3) is 3.79 Å². The second kappa shape index (κ2) is 7.30. The third-order valence-electron chi connectivity index (χ3n) is 2.62. The fraction of sp³-hybridized carbons (Fsp3) is 0.778. The number of hydrogen-bond donors (Lipinski definition) is 2. The Morgan fingerprint density at radius 1 is 1.71 bits per heavy atom. The number of hydrogen-bond acceptors (Lipinski definition) is 7. The molecule has 2 N–H and O–H groups in total. The number of rotatable bonds is 5. The number of halogens is 3. The van der Waals surface area contributed by atoms with Crippen molar-refractivity contribution in [1.29, 1.82) is 0 Å². The number of alkyl carbamates (subject to hydrolysis) is 1. The van der Waals surface area contributed by atoms with Crippen molar-refractivity contribution in [3.8, 4) is 0 Å². The number of alkyl halides is 3. The highest BCUT2D eigenvalue weighted by atomic mass is 35.6. The van der Waals surface area contributed by atoms with Crippen LogP contribution in [0.15, 0.2) is 4.99 Å². The highest BCUT2D eigenvalue weighted by molar-refractivity contribution is 6.67. The standard InChI is InChI=1S/C9H13Cl3N4O5/c1-5-14-4-6(16(19)20)15(5)3-2-13-8(18)21-7(17)9(10,11)12/h6-7,17H,2-4H2,1H3,(H,13,18). The first-order chi connectivity index (χ1) is 9.62. The minimum Gasteiger partial charge on any atom is -0.415 e. The lowest BCUT2D eigenvalue weighted by Crippen LogP contribution is -2.45. The van der Waals surface area contributed by atoms with Gasteiger partial charge in [-0.1, -0.05) is 34.8 Å². The summed E-state index contributed by atoms with van der Waals surface area (Å²) in [5, 5.41) is 22.3. The van der Waals surface area contributed by atoms with Gasteiger partial charge in [-0.15, -0.1) is 0 Å². The van der Waals surface area contributed by atoms with Gasteiger partial charge in [0.2, 0.25) is 6.29 Å². The second-order valence-corrected chi connectivity index (χ2v) is 6.44. The molecule has 2 unspecified atom stereocenters. The van der Waals surface area contributed by atoms with Crippen LogP contribution in [0.4, 0.5) is 4.79 Å². The third-order valence-corrected chi connectivity index (χ3v) is 3.18. The number of nitrogens with zero attached hydrogens (tertiary/aromatic N) is 3. The van der Waals surface area contributed by atoms with Crippen LogP contribution >= 0.6 is 34.8 Å². The van der Waals surface area contributed by atoms with E-state index in [2.05, 4.69) is 15.0 Å². The molecular weight excluding hydrogens is 350 g/mol. The zero-order chi connectivity index (χ0) is 16.2. The molecule has 21 heavy (non-hydrogen) atoms. The van der Waals surface area contributed by atoms with E-state index >= 15 is 0 Å². The van der Waals surface area contributed by atoms with Crippen LogP contribution in [0.1, 0.15) is 6.92 Å². The summed E-state index contributed by atoms with van der Waals surface area (Å²) in [5.74, 6) is 0.508. The van der Waals surface area contributed by atoms with E-state index in [1.165, 1.54) is 4.90 Å². The average molecular weight is 364 g/mol. The highest BCUT2D eigenvalue weighted by Crippen LogP contribution is 2.30. The molecule has 1 heterocycles. The first-order valence-corrected chi connectivity index (χ1v) is 6.86. The van der Waals surface area contributed by atoms with E-state index in [-0.39, 0.29) is 19.6 Å². The monoisotopic (exact) mass is 362 g/mol. The van der Waals surface area contributed by atoms with Crippen LogP contribution in [0.3, 0.4) is 0 Å². The number of amidine groups is 1. The molecule has 0 fully saturated rings. The topological polar surface area (TPSA) is 117 Å². The normalized spacial score (nSPS) is 20.0. The number of nitrogens with one attached hydrogen (secondary N) is 1. The van der Waals surface area contributed by atoms with Gasteiger partial charge in [-0.3, -0.25) is 20.0 Å². The first-order valence-electron chi connectivity index (χ1n) is 5.73. The predicted molar refractivity (Wildman–Crippen MR) is 76.2 cm³/mol. The van der Waals surface area contributed by atoms with Crippen LogP contribution in [0, 0.1) is 10.1 Å². The average Bonchev–Trinajstić information content (AvgIpc) is 2.70. The number of amides is 1. The number of nitro groups is 1. The molecule has 1 aliphatic heterocycles. The van der Waals surface area contributed by atoms with Crippen molar-refractivity contribution in [3.05, 3.63) is 10.1 Å². The number of carbonyl (C=O) groups excluding carboxylic acids is 1. The zero-order valence-electron chi connectivity index (χ0n) is 10.8. The quantitative estimate of drug-likeness (QED) is 0.322. The second-order valence-electron chi connectivity index (χ2n) is 4.07. The number of aliphatic hydroxyl groups is 1. The van der Waals surface area contributed by atoms with Gasteiger partial charge < -0.3 is 15.2 Å². The fourth-order valence-corrected chi connectivity index (χ4v) is 1.73. The summed E-state index contributed by atoms with van der Waals surface area (Å²) in [6, 6.07) is 0. The van der Waals surface area contributed by atoms with Gasteiger partial charge in [0.05, 0.1) is 0 Å². The van der Waals surface area contributed by atoms with E-state index in [0.717, 1.165) is 0 Å². The Bertz CT molecular complexity index is 442. The molecule has 0 aliphatic carbocycles. The smallest absolute Gasteiger partial charge is 0.409 e. The largest absolute Gasteiger partial charge is 0.415 e. The molecule has 0 saturated heterocycles. The molecule has 120 valence electrons. The third kappa shape index (κ3) is 5.34. The summed E-state index contributed by atoms with van der Waals surface area (Å²) in [4.78, 5) is 27.1. The van der Waals surface area contributed by atoms with Gasteiger partial charge in [-0.05, 0) is 6.92 Å². The van der Waals surface area contributed by atoms with E-state index < -0.39 is 27.3 Å². The van der Waals surface area contributed by atoms with E-state index in [9.17, 15) is 20.0 Å². The SMILES string of the molecule is CC1=NCC([N+](=O)[O-])N1CCNC(=O)OC(O)C(Cl)(Cl)Cl. The summed E-state index contributed by atoms with van der Waals surface area (Å²) in [6.45, 7) is 1.88. The van der Waals surface area contributed by atoms with Gasteiger partial charge in [-0.2, -0.15) is 0 Å². The Morgan fingerprint density at radius 3 is 2.86 bits per heavy atom. The Labute approximate surface area is 134 Å². The molecule has 0 bridgehead atoms. The Balaban J connectivity index is 2.38. The van der Waals surface area contributed by atoms with Crippen LogP contribution in [0.5, 0.6) is 0 Å². The molecular formula is C9H13Cl3N4O5. The minimum atomic E-state index is -2.16. The van der Waals surface area contributed by atoms with Crippen LogP contribution < -0.4 is 5.32 Å². The Hall–Kier alpha value is -1.03. The van der Waals surface area contributed by atoms with Gasteiger partial charge in [0, 0.05) is 18.0 Å². The maximum atomic E-state index is 11.3. The van der Waals surface area contributed by atoms with E-state index in [1.54, 1.807) is 6.92 Å². The van der Waals surface area contributed by atoms with Crippen molar-refractivity contribution in [2.75, 3.05) is 19.6 Å². The number of ether oxygens (including phenoxy) is 1. The van der Waals surface area contributed by atoms with Gasteiger partial charge in [0.1, 0.15) is 12.4 Å². The lowest BCUT2D eigenvalue weighted by atomic mass is 10.4. The molecule has 0 saturated carbocycles. The maximum absolute atomic E-state index is 11.3. The number of aliphatic imine (C=N–C) groups is 1. The van der Waals surface area contributed by atoms with Crippen molar-refractivity contribution < 1.29 is 19.6 Å². The molecule has 0 radical (unpaired) electrons. The molecule has 1 aliphatic rings. The van der Waals surface area contributed by atoms with E-state index in [0.29, 0.717) is 5.84 Å². The molecule has 0 spiro atoms. The van der Waals surface area contributed by atoms with E-state index in [1.807, 2.05) is 0 Å². The van der Waals surface area contributed by atoms with Crippen molar-refractivity contribution >= 4 is 46.7 Å². The maximum Gasteiger partial charge on any atom is 0.409 e. The summed E-state index contributed by atoms with van der Waals surface area (Å²) >= 11 is 15.9. The van der Waals surface area contributed by atoms with E-state index in [4.69, 9.17) is 34.8 Å². The number of aliphatic hydroxyl groups excluding tert-OH is 1. The molecule has 12 heteroatoms. The molecule has 0 aromatic rings. The lowest BCUT2D eigenvalue weighted by Gasteiger charge is -2.22. The highest BCUT2D eigenvalue weighted by Gasteiger charge is 2.35. The van der Waals surface area contributed by atoms with Crippen molar-refractivity contribution in [2.24, 2.45) is 4.99 Å². The summed E-state index contributed by atoms with van der Waals surface area (Å²) < 4.78 is 2.25. The molecule has 0 aromatic heterocycles. The van der Waals surface area contributed by atoms with Crippen LogP contribution in [-0.2, 0) is 4.74 Å². The summed E-state index contributed by atoms with van der Waals surface area (Å²) in [5.41, 5.74) is 0. The minimum absolute atomic E-state index is 0.0304. The van der Waals surface area contributed by atoms with Gasteiger partial charge in [0.15, 0.2) is 0 Å².